The number of benzene rings is 2. The van der Waals surface area contributed by atoms with E-state index >= 15 is 0 Å². The van der Waals surface area contributed by atoms with Crippen LogP contribution in [0.5, 0.6) is 0 Å². The molecule has 0 saturated heterocycles. The minimum atomic E-state index is -0.345. The minimum Gasteiger partial charge on any atom is -0.326 e. The van der Waals surface area contributed by atoms with Crippen molar-refractivity contribution in [2.24, 2.45) is 0 Å². The number of hydrogen-bond acceptors (Lipinski definition) is 6. The van der Waals surface area contributed by atoms with Gasteiger partial charge >= 0.3 is 5.69 Å². The third kappa shape index (κ3) is 4.46. The number of rotatable bonds is 6. The molecule has 0 aliphatic carbocycles. The molecule has 0 unspecified atom stereocenters. The normalized spacial score (nSPS) is 10.8. The van der Waals surface area contributed by atoms with Gasteiger partial charge in [0.25, 0.3) is 0 Å². The maximum atomic E-state index is 12.5. The van der Waals surface area contributed by atoms with E-state index in [9.17, 15) is 9.59 Å². The Morgan fingerprint density at radius 2 is 1.83 bits per heavy atom. The van der Waals surface area contributed by atoms with E-state index in [1.54, 1.807) is 12.1 Å². The van der Waals surface area contributed by atoms with Gasteiger partial charge in [-0.1, -0.05) is 35.9 Å². The van der Waals surface area contributed by atoms with Gasteiger partial charge in [-0.3, -0.25) is 4.79 Å². The Balaban J connectivity index is 1.41. The number of para-hydroxylation sites is 1. The molecular weight excluding hydrogens is 388 g/mol. The average molecular weight is 406 g/mol. The van der Waals surface area contributed by atoms with Crippen molar-refractivity contribution in [2.75, 3.05) is 5.32 Å². The van der Waals surface area contributed by atoms with Gasteiger partial charge in [-0.2, -0.15) is 9.36 Å². The Morgan fingerprint density at radius 3 is 2.59 bits per heavy atom. The number of nitrogens with one attached hydrogen (secondary N) is 1. The van der Waals surface area contributed by atoms with Gasteiger partial charge in [0.2, 0.25) is 5.91 Å². The van der Waals surface area contributed by atoms with Crippen molar-refractivity contribution in [3.8, 4) is 5.69 Å². The monoisotopic (exact) mass is 406 g/mol. The zero-order valence-electron chi connectivity index (χ0n) is 15.6. The fourth-order valence-corrected chi connectivity index (χ4v) is 3.52. The van der Waals surface area contributed by atoms with E-state index in [0.717, 1.165) is 11.3 Å². The molecule has 1 amide bonds. The molecule has 0 fully saturated rings. The van der Waals surface area contributed by atoms with Crippen LogP contribution >= 0.6 is 11.3 Å². The summed E-state index contributed by atoms with van der Waals surface area (Å²) < 4.78 is 2.49. The Hall–Kier alpha value is -3.59. The van der Waals surface area contributed by atoms with Crippen LogP contribution in [0, 0.1) is 6.92 Å². The summed E-state index contributed by atoms with van der Waals surface area (Å²) in [7, 11) is 0. The molecule has 0 aliphatic rings. The van der Waals surface area contributed by atoms with Crippen molar-refractivity contribution in [3.63, 3.8) is 0 Å². The number of hydrogen-bond donors (Lipinski definition) is 1. The second kappa shape index (κ2) is 8.19. The van der Waals surface area contributed by atoms with Gasteiger partial charge in [-0.15, -0.1) is 11.3 Å². The fraction of sp³-hybridized carbons (Fsp3) is 0.150. The highest BCUT2D eigenvalue weighted by molar-refractivity contribution is 7.09. The quantitative estimate of drug-likeness (QED) is 0.531. The number of anilines is 1. The minimum absolute atomic E-state index is 0.137. The zero-order valence-corrected chi connectivity index (χ0v) is 16.5. The van der Waals surface area contributed by atoms with Crippen LogP contribution in [0.1, 0.15) is 16.3 Å². The average Bonchev–Trinajstić information content (AvgIpc) is 3.31. The molecule has 4 rings (SSSR count). The third-order valence-electron chi connectivity index (χ3n) is 4.20. The molecule has 1 N–H and O–H groups in total. The van der Waals surface area contributed by atoms with Gasteiger partial charge in [0, 0.05) is 11.1 Å². The lowest BCUT2D eigenvalue weighted by Gasteiger charge is -2.04. The first-order valence-electron chi connectivity index (χ1n) is 8.96. The highest BCUT2D eigenvalue weighted by Crippen LogP contribution is 2.13. The molecule has 2 aromatic carbocycles. The lowest BCUT2D eigenvalue weighted by atomic mass is 10.2. The number of amides is 1. The maximum absolute atomic E-state index is 12.5. The Kier molecular flexibility index (Phi) is 5.30. The predicted octanol–water partition coefficient (Wildman–Crippen LogP) is 2.42. The first-order valence-corrected chi connectivity index (χ1v) is 9.84. The number of nitrogens with zero attached hydrogens (tertiary/aromatic N) is 5. The van der Waals surface area contributed by atoms with Crippen molar-refractivity contribution >= 4 is 22.9 Å². The Bertz CT molecular complexity index is 1180. The van der Waals surface area contributed by atoms with Crippen LogP contribution in [0.2, 0.25) is 0 Å². The maximum Gasteiger partial charge on any atom is 0.368 e. The van der Waals surface area contributed by atoms with Crippen molar-refractivity contribution < 1.29 is 4.79 Å². The molecule has 4 aromatic rings. The summed E-state index contributed by atoms with van der Waals surface area (Å²) in [5.74, 6) is -0.137. The summed E-state index contributed by atoms with van der Waals surface area (Å²) in [6.45, 7) is 2.19. The summed E-state index contributed by atoms with van der Waals surface area (Å²) in [5.41, 5.74) is 2.85. The number of aromatic nitrogens is 5. The van der Waals surface area contributed by atoms with E-state index in [1.807, 2.05) is 54.8 Å². The topological polar surface area (TPSA) is 94.7 Å². The van der Waals surface area contributed by atoms with Crippen LogP contribution < -0.4 is 11.0 Å². The largest absolute Gasteiger partial charge is 0.368 e. The lowest BCUT2D eigenvalue weighted by molar-refractivity contribution is -0.115. The van der Waals surface area contributed by atoms with Crippen molar-refractivity contribution in [2.45, 2.75) is 19.9 Å². The fourth-order valence-electron chi connectivity index (χ4n) is 2.74. The molecule has 0 saturated carbocycles. The molecular formula is C20H18N6O2S. The first-order chi connectivity index (χ1) is 14.1. The Labute approximate surface area is 170 Å². The standard InChI is InChI=1S/C20H18N6O2S/c1-14-7-9-15(10-8-14)21-18(27)11-19-22-16(13-29-19)12-25-20(28)26(24-23-25)17-5-3-2-4-6-17/h2-10,13H,11-12H2,1H3,(H,21,27). The van der Waals surface area contributed by atoms with Crippen LogP contribution in [-0.2, 0) is 17.8 Å². The van der Waals surface area contributed by atoms with E-state index in [1.165, 1.54) is 20.7 Å². The molecule has 0 bridgehead atoms. The number of thiazole rings is 1. The van der Waals surface area contributed by atoms with Crippen LogP contribution in [0.3, 0.4) is 0 Å². The molecule has 0 aliphatic heterocycles. The summed E-state index contributed by atoms with van der Waals surface area (Å²) in [6.07, 6.45) is 0.171. The van der Waals surface area contributed by atoms with Gasteiger partial charge in [0.05, 0.1) is 24.3 Å². The Morgan fingerprint density at radius 1 is 1.07 bits per heavy atom. The predicted molar refractivity (Wildman–Crippen MR) is 110 cm³/mol. The summed E-state index contributed by atoms with van der Waals surface area (Å²) in [4.78, 5) is 29.2. The number of carbonyl (C=O) groups is 1. The zero-order chi connectivity index (χ0) is 20.2. The third-order valence-corrected chi connectivity index (χ3v) is 5.10. The second-order valence-electron chi connectivity index (χ2n) is 6.49. The van der Waals surface area contributed by atoms with Gasteiger partial charge in [0.15, 0.2) is 0 Å². The first kappa shape index (κ1) is 18.8. The lowest BCUT2D eigenvalue weighted by Crippen LogP contribution is -2.24. The molecule has 2 aromatic heterocycles. The molecule has 0 spiro atoms. The smallest absolute Gasteiger partial charge is 0.326 e. The molecule has 2 heterocycles. The highest BCUT2D eigenvalue weighted by Gasteiger charge is 2.12. The SMILES string of the molecule is Cc1ccc(NC(=O)Cc2nc(Cn3nnn(-c4ccccc4)c3=O)cs2)cc1. The van der Waals surface area contributed by atoms with Crippen LogP contribution in [-0.4, -0.2) is 30.7 Å². The molecule has 146 valence electrons. The molecule has 29 heavy (non-hydrogen) atoms. The number of tetrazole rings is 1. The molecule has 8 nitrogen and oxygen atoms in total. The van der Waals surface area contributed by atoms with Gasteiger partial charge in [0.1, 0.15) is 5.01 Å². The van der Waals surface area contributed by atoms with E-state index in [4.69, 9.17) is 0 Å². The van der Waals surface area contributed by atoms with Crippen LogP contribution in [0.15, 0.2) is 64.8 Å². The molecule has 9 heteroatoms. The van der Waals surface area contributed by atoms with Gasteiger partial charge in [-0.25, -0.2) is 9.78 Å². The van der Waals surface area contributed by atoms with Crippen LogP contribution in [0.25, 0.3) is 5.69 Å². The van der Waals surface area contributed by atoms with Gasteiger partial charge < -0.3 is 5.32 Å². The highest BCUT2D eigenvalue weighted by atomic mass is 32.1. The van der Waals surface area contributed by atoms with E-state index in [0.29, 0.717) is 16.4 Å². The molecule has 0 atom stereocenters. The number of aryl methyl sites for hydroxylation is 1. The summed E-state index contributed by atoms with van der Waals surface area (Å²) >= 11 is 1.38. The molecule has 0 radical (unpaired) electrons. The summed E-state index contributed by atoms with van der Waals surface area (Å²) in [5, 5.41) is 13.2. The second-order valence-corrected chi connectivity index (χ2v) is 7.43. The van der Waals surface area contributed by atoms with Crippen molar-refractivity contribution in [3.05, 3.63) is 86.7 Å². The van der Waals surface area contributed by atoms with Crippen molar-refractivity contribution in [1.82, 2.24) is 24.8 Å². The number of carbonyl (C=O) groups excluding carboxylic acids is 1. The van der Waals surface area contributed by atoms with Crippen LogP contribution in [0.4, 0.5) is 5.69 Å². The van der Waals surface area contributed by atoms with E-state index in [2.05, 4.69) is 20.7 Å². The van der Waals surface area contributed by atoms with E-state index < -0.39 is 0 Å². The van der Waals surface area contributed by atoms with Crippen molar-refractivity contribution in [1.29, 1.82) is 0 Å². The van der Waals surface area contributed by atoms with Gasteiger partial charge in [-0.05, 0) is 41.6 Å². The summed E-state index contributed by atoms with van der Waals surface area (Å²) in [6, 6.07) is 16.7. The van der Waals surface area contributed by atoms with E-state index in [-0.39, 0.29) is 24.6 Å².